The summed E-state index contributed by atoms with van der Waals surface area (Å²) in [6.07, 6.45) is -0.708. The zero-order valence-corrected chi connectivity index (χ0v) is 14.9. The highest BCUT2D eigenvalue weighted by molar-refractivity contribution is 7.89. The number of sulfonamides is 1. The number of nitrogens with two attached hydrogens (primary N) is 1. The van der Waals surface area contributed by atoms with Crippen molar-refractivity contribution in [3.05, 3.63) is 29.8 Å². The molecule has 0 aromatic heterocycles. The fraction of sp³-hybridized carbons (Fsp3) is 0.562. The van der Waals surface area contributed by atoms with Gasteiger partial charge < -0.3 is 11.1 Å². The molecule has 1 fully saturated rings. The van der Waals surface area contributed by atoms with Crippen LogP contribution in [-0.2, 0) is 10.0 Å². The molecular formula is C16H22F3N3O3S. The average molecular weight is 393 g/mol. The first-order chi connectivity index (χ1) is 12.1. The quantitative estimate of drug-likeness (QED) is 0.657. The van der Waals surface area contributed by atoms with Crippen LogP contribution in [0.1, 0.15) is 36.0 Å². The van der Waals surface area contributed by atoms with Gasteiger partial charge in [-0.25, -0.2) is 13.1 Å². The van der Waals surface area contributed by atoms with E-state index < -0.39 is 34.7 Å². The molecule has 0 aliphatic heterocycles. The molecule has 0 radical (unpaired) electrons. The number of nitrogens with one attached hydrogen (secondary N) is 2. The van der Waals surface area contributed by atoms with E-state index in [0.29, 0.717) is 0 Å². The minimum atomic E-state index is -4.55. The zero-order valence-electron chi connectivity index (χ0n) is 14.1. The Balaban J connectivity index is 2.12. The van der Waals surface area contributed by atoms with Crippen LogP contribution in [0.25, 0.3) is 0 Å². The molecule has 1 saturated carbocycles. The van der Waals surface area contributed by atoms with Crippen LogP contribution in [0.3, 0.4) is 0 Å². The molecule has 1 amide bonds. The summed E-state index contributed by atoms with van der Waals surface area (Å²) in [5.74, 6) is -0.835. The summed E-state index contributed by atoms with van der Waals surface area (Å²) in [5.41, 5.74) is 5.53. The van der Waals surface area contributed by atoms with Crippen LogP contribution >= 0.6 is 0 Å². The lowest BCUT2D eigenvalue weighted by molar-refractivity contribution is -0.123. The predicted molar refractivity (Wildman–Crippen MR) is 90.0 cm³/mol. The van der Waals surface area contributed by atoms with E-state index in [1.54, 1.807) is 5.32 Å². The van der Waals surface area contributed by atoms with Crippen molar-refractivity contribution in [2.45, 2.75) is 42.8 Å². The number of amides is 1. The minimum absolute atomic E-state index is 0.148. The van der Waals surface area contributed by atoms with Gasteiger partial charge in [0.2, 0.25) is 10.0 Å². The van der Waals surface area contributed by atoms with Crippen molar-refractivity contribution in [2.75, 3.05) is 13.1 Å². The second-order valence-corrected chi connectivity index (χ2v) is 8.05. The predicted octanol–water partition coefficient (Wildman–Crippen LogP) is 1.77. The van der Waals surface area contributed by atoms with E-state index in [1.165, 1.54) is 18.2 Å². The van der Waals surface area contributed by atoms with Gasteiger partial charge in [0.1, 0.15) is 6.54 Å². The lowest BCUT2D eigenvalue weighted by Crippen LogP contribution is -2.44. The molecule has 2 rings (SSSR count). The number of hydrogen-bond acceptors (Lipinski definition) is 4. The van der Waals surface area contributed by atoms with Crippen molar-refractivity contribution < 1.29 is 26.4 Å². The highest BCUT2D eigenvalue weighted by Crippen LogP contribution is 2.28. The molecule has 4 N–H and O–H groups in total. The Morgan fingerprint density at radius 2 is 1.92 bits per heavy atom. The SMILES string of the molecule is NCC(NS(=O)(=O)c1cccc(C(=O)NCC(F)(F)F)c1)C1CCCC1. The Morgan fingerprint density at radius 1 is 1.27 bits per heavy atom. The largest absolute Gasteiger partial charge is 0.405 e. The molecule has 146 valence electrons. The molecule has 0 bridgehead atoms. The first-order valence-corrected chi connectivity index (χ1v) is 9.78. The standard InChI is InChI=1S/C16H22F3N3O3S/c17-16(18,19)10-21-15(23)12-6-3-7-13(8-12)26(24,25)22-14(9-20)11-4-1-2-5-11/h3,6-8,11,14,22H,1-2,4-5,9-10,20H2,(H,21,23). The lowest BCUT2D eigenvalue weighted by Gasteiger charge is -2.23. The lowest BCUT2D eigenvalue weighted by atomic mass is 9.99. The molecule has 0 spiro atoms. The van der Waals surface area contributed by atoms with Gasteiger partial charge in [0.05, 0.1) is 4.90 Å². The Bertz CT molecular complexity index is 732. The molecule has 10 heteroatoms. The summed E-state index contributed by atoms with van der Waals surface area (Å²) in [6, 6.07) is 4.48. The molecule has 0 heterocycles. The van der Waals surface area contributed by atoms with E-state index in [9.17, 15) is 26.4 Å². The van der Waals surface area contributed by atoms with E-state index in [0.717, 1.165) is 31.7 Å². The minimum Gasteiger partial charge on any atom is -0.343 e. The monoisotopic (exact) mass is 393 g/mol. The van der Waals surface area contributed by atoms with Crippen LogP contribution in [0.4, 0.5) is 13.2 Å². The summed E-state index contributed by atoms with van der Waals surface area (Å²) in [4.78, 5) is 11.6. The van der Waals surface area contributed by atoms with E-state index in [1.807, 2.05) is 0 Å². The van der Waals surface area contributed by atoms with Crippen LogP contribution < -0.4 is 15.8 Å². The highest BCUT2D eigenvalue weighted by atomic mass is 32.2. The van der Waals surface area contributed by atoms with Crippen molar-refractivity contribution in [3.63, 3.8) is 0 Å². The molecule has 1 atom stereocenters. The van der Waals surface area contributed by atoms with Gasteiger partial charge in [-0.15, -0.1) is 0 Å². The maximum absolute atomic E-state index is 12.6. The van der Waals surface area contributed by atoms with E-state index in [4.69, 9.17) is 5.73 Å². The fourth-order valence-corrected chi connectivity index (χ4v) is 4.41. The Hall–Kier alpha value is -1.65. The van der Waals surface area contributed by atoms with E-state index >= 15 is 0 Å². The van der Waals surface area contributed by atoms with E-state index in [-0.39, 0.29) is 22.9 Å². The van der Waals surface area contributed by atoms with Crippen molar-refractivity contribution in [2.24, 2.45) is 11.7 Å². The normalized spacial score (nSPS) is 17.2. The molecule has 1 aliphatic rings. The van der Waals surface area contributed by atoms with Crippen LogP contribution in [0.5, 0.6) is 0 Å². The first kappa shape index (κ1) is 20.7. The number of rotatable bonds is 7. The summed E-state index contributed by atoms with van der Waals surface area (Å²) >= 11 is 0. The van der Waals surface area contributed by atoms with Crippen molar-refractivity contribution in [3.8, 4) is 0 Å². The Morgan fingerprint density at radius 3 is 2.50 bits per heavy atom. The second-order valence-electron chi connectivity index (χ2n) is 6.33. The molecule has 1 aromatic rings. The zero-order chi connectivity index (χ0) is 19.4. The maximum atomic E-state index is 12.6. The van der Waals surface area contributed by atoms with Gasteiger partial charge in [-0.05, 0) is 37.0 Å². The van der Waals surface area contributed by atoms with Gasteiger partial charge in [-0.3, -0.25) is 4.79 Å². The second kappa shape index (κ2) is 8.36. The summed E-state index contributed by atoms with van der Waals surface area (Å²) < 4.78 is 64.3. The Labute approximate surface area is 150 Å². The summed E-state index contributed by atoms with van der Waals surface area (Å²) in [5, 5.41) is 1.72. The summed E-state index contributed by atoms with van der Waals surface area (Å²) in [6.45, 7) is -1.34. The van der Waals surface area contributed by atoms with Crippen LogP contribution in [0.2, 0.25) is 0 Å². The molecule has 1 aromatic carbocycles. The van der Waals surface area contributed by atoms with Crippen LogP contribution in [0.15, 0.2) is 29.2 Å². The van der Waals surface area contributed by atoms with Gasteiger partial charge in [0.25, 0.3) is 5.91 Å². The Kier molecular flexibility index (Phi) is 6.64. The van der Waals surface area contributed by atoms with Gasteiger partial charge in [0, 0.05) is 18.2 Å². The third-order valence-electron chi connectivity index (χ3n) is 4.39. The number of hydrogen-bond donors (Lipinski definition) is 3. The first-order valence-electron chi connectivity index (χ1n) is 8.30. The van der Waals surface area contributed by atoms with Crippen LogP contribution in [0, 0.1) is 5.92 Å². The number of alkyl halides is 3. The topological polar surface area (TPSA) is 101 Å². The third kappa shape index (κ3) is 5.68. The average Bonchev–Trinajstić information content (AvgIpc) is 3.11. The fourth-order valence-electron chi connectivity index (χ4n) is 3.05. The third-order valence-corrected chi connectivity index (χ3v) is 5.87. The van der Waals surface area contributed by atoms with Gasteiger partial charge >= 0.3 is 6.18 Å². The number of carbonyl (C=O) groups is 1. The van der Waals surface area contributed by atoms with Crippen molar-refractivity contribution >= 4 is 15.9 Å². The highest BCUT2D eigenvalue weighted by Gasteiger charge is 2.30. The molecule has 26 heavy (non-hydrogen) atoms. The van der Waals surface area contributed by atoms with Crippen LogP contribution in [-0.4, -0.2) is 39.6 Å². The number of halogens is 3. The van der Waals surface area contributed by atoms with Gasteiger partial charge in [0.15, 0.2) is 0 Å². The molecule has 6 nitrogen and oxygen atoms in total. The van der Waals surface area contributed by atoms with Gasteiger partial charge in [-0.2, -0.15) is 13.2 Å². The van der Waals surface area contributed by atoms with Crippen molar-refractivity contribution in [1.29, 1.82) is 0 Å². The number of benzene rings is 1. The smallest absolute Gasteiger partial charge is 0.343 e. The molecule has 1 unspecified atom stereocenters. The molecule has 1 aliphatic carbocycles. The molecule has 0 saturated heterocycles. The maximum Gasteiger partial charge on any atom is 0.405 e. The summed E-state index contributed by atoms with van der Waals surface area (Å²) in [7, 11) is -3.94. The van der Waals surface area contributed by atoms with Gasteiger partial charge in [-0.1, -0.05) is 18.9 Å². The number of carbonyl (C=O) groups excluding carboxylic acids is 1. The van der Waals surface area contributed by atoms with Crippen molar-refractivity contribution in [1.82, 2.24) is 10.0 Å². The molecular weight excluding hydrogens is 371 g/mol. The van der Waals surface area contributed by atoms with E-state index in [2.05, 4.69) is 4.72 Å².